The number of aliphatic hydroxyl groups excluding tert-OH is 1. The van der Waals surface area contributed by atoms with Gasteiger partial charge < -0.3 is 48.3 Å². The first-order chi connectivity index (χ1) is 33.8. The van der Waals surface area contributed by atoms with Crippen molar-refractivity contribution in [1.29, 1.82) is 0 Å². The highest BCUT2D eigenvalue weighted by Gasteiger charge is 2.53. The third-order valence-electron chi connectivity index (χ3n) is 15.2. The van der Waals surface area contributed by atoms with Gasteiger partial charge in [0.05, 0.1) is 37.6 Å². The number of amides is 1. The van der Waals surface area contributed by atoms with Crippen molar-refractivity contribution in [3.8, 4) is 12.3 Å². The second-order valence-corrected chi connectivity index (χ2v) is 20.7. The normalized spacial score (nSPS) is 21.0. The third kappa shape index (κ3) is 111. The van der Waals surface area contributed by atoms with Crippen LogP contribution >= 0.6 is 0 Å². The Hall–Kier alpha value is -3.85. The first-order valence-electron chi connectivity index (χ1n) is 25.9. The van der Waals surface area contributed by atoms with Gasteiger partial charge in [0.2, 0.25) is 5.79 Å². The number of ketones is 3. The maximum atomic E-state index is 14.5. The lowest BCUT2D eigenvalue weighted by atomic mass is 9.78. The lowest BCUT2D eigenvalue weighted by Crippen LogP contribution is -2.61. The van der Waals surface area contributed by atoms with Crippen LogP contribution in [-0.4, -0.2) is 147 Å². The number of esters is 1. The van der Waals surface area contributed by atoms with Crippen molar-refractivity contribution in [3.63, 3.8) is 0 Å². The van der Waals surface area contributed by atoms with E-state index in [0.29, 0.717) is 70.2 Å². The van der Waals surface area contributed by atoms with Crippen LogP contribution < -0.4 is 0 Å². The average Bonchev–Trinajstić information content (AvgIpc) is 0.790. The molecule has 2 N–H and O–H groups in total. The topological polar surface area (TPSA) is 194 Å². The van der Waals surface area contributed by atoms with E-state index >= 15 is 0 Å². The van der Waals surface area contributed by atoms with Crippen molar-refractivity contribution >= 4 is 29.2 Å². The summed E-state index contributed by atoms with van der Waals surface area (Å²) in [5.74, 6) is -5.51. The number of carbonyl (C=O) groups excluding carboxylic acids is 5. The molecule has 1 amide bonds. The highest BCUT2D eigenvalue weighted by molar-refractivity contribution is 6.39. The van der Waals surface area contributed by atoms with Gasteiger partial charge in [-0.25, -0.2) is 4.79 Å². The Morgan fingerprint density at radius 3 is 1.29 bits per heavy atom. The maximum Gasteiger partial charge on any atom is 0.329 e. The second kappa shape index (κ2) is 191. The number of methoxy groups -OCH3 is 3. The van der Waals surface area contributed by atoms with E-state index < -0.39 is 77.8 Å². The highest BCUT2D eigenvalue weighted by atomic mass is 16.6. The number of rotatable bonds is 11. The van der Waals surface area contributed by atoms with Crippen LogP contribution in [0.4, 0.5) is 0 Å². The fraction of sp³-hybridized carbons (Fsp3) is 0.867. The molecule has 15 atom stereocenters. The molecule has 1 saturated carbocycles. The number of hydrogen-bond acceptors (Lipinski definition) is 14. The molecule has 15 nitrogen and oxygen atoms in total. The van der Waals surface area contributed by atoms with E-state index in [2.05, 4.69) is 5.92 Å². The van der Waals surface area contributed by atoms with Crippen molar-refractivity contribution < 1.29 is 67.3 Å². The molecule has 3 aliphatic heterocycles. The van der Waals surface area contributed by atoms with Gasteiger partial charge in [-0.1, -0.05) is 500 Å². The lowest BCUT2D eigenvalue weighted by Gasteiger charge is -2.42. The molecule has 0 aromatic carbocycles. The number of hydrogen-bond donors (Lipinski definition) is 2. The van der Waals surface area contributed by atoms with Crippen LogP contribution in [0.15, 0.2) is 47.6 Å². The van der Waals surface area contributed by atoms with E-state index in [9.17, 15) is 34.2 Å². The number of allylic oxidation sites excluding steroid dienone is 6. The van der Waals surface area contributed by atoms with Crippen LogP contribution in [0.3, 0.4) is 0 Å². The summed E-state index contributed by atoms with van der Waals surface area (Å²) in [5.41, 5.74) is 1.27. The van der Waals surface area contributed by atoms with Gasteiger partial charge in [0.1, 0.15) is 36.7 Å². The fourth-order valence-electron chi connectivity index (χ4n) is 10.7. The molecule has 2 bridgehead atoms. The molecule has 3 heterocycles. The SMILES string of the molecule is C.C.C.C.C.C.C.C.C.C.C.C.C.C.C.C.C.C.C.C.C.C.C.C.C.C.C.C.C.C.C.C.C.C.C.C.C.C.C.C.C.C.C.C.C.C.C.C.C.C.C.C.C.C.C.C.C.C#CCOCCO[C@@H]1CC[C@@H](C[C@@H](C)[C@@H]2CC(=O)[C@H](C)/C=C(\C)[C@@H](O)[C@@H](OC)C(=O)[C@H](C)C[C@H](C)/C=C/C=C/C=C(\C)[C@@H](OC)C[C@@H]3CC[C@@H](C)[C@@](O)(O3)C(=O)C(=O)N3CCCC[C@H]3C(=O)O2)C[C@H]1OC. The Bertz CT molecular complexity index is 1950. The van der Waals surface area contributed by atoms with Crippen molar-refractivity contribution in [1.82, 2.24) is 4.90 Å². The molecule has 0 unspecified atom stereocenters. The standard InChI is InChI=1S/C56H85NO14.57CH4/c1-12-26-68-27-28-69-46-24-22-42(32-49(46)66-10)31-38(5)48-34-45(58)37(4)30-40(7)51(60)52(67-11)50(59)39(6)29-35(2)18-14-13-15-19-36(3)47(65-9)33-43-23-21-41(8)56(64,71-43)53(61)54(62)57-25-17-16-20-44(57)55(63)70-48;;;;;;;;;;;;;;;;;;;;;;;;;;;;;;;;;;;;;;;;;;;;;;;;;;;;;;;;;/h1,13-15,18-19,30,35,37-39,41-44,46-49,51-52,60,64H,16-17,20-29,31-34H2,2-11H3;57*1H4/b15-13+,18-14+,36-19+,40-30+;;;;;;;;;;;;;;;;;;;;;;;;;;;;;;;;;;;;;;;;;;;;;;;;;;;;;;;;;/t35-,37-,38-,39-,41-,42+,43+,44+,46-,47+,48+,49-,51-,52+,56-;;;;;;;;;;;;;;;;;;;;;;;;;;;;;;;;;;;;;;;;;;;;;;;;;;;;;;;;;/m1........................................................./s1. The summed E-state index contributed by atoms with van der Waals surface area (Å²) in [4.78, 5) is 72.4. The zero-order chi connectivity index (χ0) is 52.4. The highest BCUT2D eigenvalue weighted by Crippen LogP contribution is 2.38. The number of terminal acetylenes is 1. The minimum absolute atomic E-state index is 0. The minimum atomic E-state index is -2.44. The van der Waals surface area contributed by atoms with Crippen LogP contribution in [0.25, 0.3) is 0 Å². The van der Waals surface area contributed by atoms with E-state index in [1.165, 1.54) is 12.0 Å². The number of carbonyl (C=O) groups is 5. The van der Waals surface area contributed by atoms with Gasteiger partial charge in [-0.05, 0) is 107 Å². The predicted octanol–water partition coefficient (Wildman–Crippen LogP) is 43.1. The van der Waals surface area contributed by atoms with Gasteiger partial charge in [-0.3, -0.25) is 19.2 Å². The van der Waals surface area contributed by atoms with Gasteiger partial charge in [-0.2, -0.15) is 0 Å². The number of nitrogens with zero attached hydrogens (tertiary/aromatic N) is 1. The number of fused-ring (bicyclic) bond motifs is 3. The van der Waals surface area contributed by atoms with E-state index in [0.717, 1.165) is 18.4 Å². The van der Waals surface area contributed by atoms with Gasteiger partial charge in [0, 0.05) is 58.5 Å². The minimum Gasteiger partial charge on any atom is -0.460 e. The fourth-order valence-corrected chi connectivity index (χ4v) is 10.7. The van der Waals surface area contributed by atoms with Crippen LogP contribution in [0.1, 0.15) is 549 Å². The summed E-state index contributed by atoms with van der Waals surface area (Å²) in [6, 6.07) is -1.15. The smallest absolute Gasteiger partial charge is 0.329 e. The first-order valence-corrected chi connectivity index (χ1v) is 25.9. The van der Waals surface area contributed by atoms with Gasteiger partial charge in [0.25, 0.3) is 11.7 Å². The van der Waals surface area contributed by atoms with Crippen molar-refractivity contribution in [2.75, 3.05) is 47.7 Å². The Morgan fingerprint density at radius 2 is 0.906 bits per heavy atom. The quantitative estimate of drug-likeness (QED) is 0.0652. The number of piperidine rings is 1. The molecule has 128 heavy (non-hydrogen) atoms. The molecule has 4 rings (SSSR count). The van der Waals surface area contributed by atoms with Gasteiger partial charge in [-0.15, -0.1) is 6.42 Å². The van der Waals surface area contributed by atoms with Gasteiger partial charge in [0.15, 0.2) is 5.78 Å². The number of cyclic esters (lactones) is 1. The average molecular weight is 1910 g/mol. The summed E-state index contributed by atoms with van der Waals surface area (Å²) in [7, 11) is 4.61. The third-order valence-corrected chi connectivity index (χ3v) is 15.2. The Morgan fingerprint density at radius 1 is 0.492 bits per heavy atom. The summed E-state index contributed by atoms with van der Waals surface area (Å²) in [6.45, 7) is 13.7. The second-order valence-electron chi connectivity index (χ2n) is 20.7. The number of Topliss-reactive ketones (excluding diaryl/α,β-unsaturated/α-hetero) is 3. The Labute approximate surface area is 843 Å². The molecule has 0 radical (unpaired) electrons. The molecule has 15 heteroatoms. The van der Waals surface area contributed by atoms with Crippen molar-refractivity contribution in [2.45, 2.75) is 603 Å². The number of aliphatic hydroxyl groups is 2. The Kier molecular flexibility index (Phi) is 570. The zero-order valence-electron chi connectivity index (χ0n) is 44.2. The first kappa shape index (κ1) is 383. The van der Waals surface area contributed by atoms with Crippen molar-refractivity contribution in [3.05, 3.63) is 47.6 Å². The van der Waals surface area contributed by atoms with E-state index in [1.807, 2.05) is 58.1 Å². The van der Waals surface area contributed by atoms with Crippen molar-refractivity contribution in [2.24, 2.45) is 35.5 Å². The molecule has 854 valence electrons. The summed E-state index contributed by atoms with van der Waals surface area (Å²) in [6.07, 6.45) is 17.4. The maximum absolute atomic E-state index is 14.5. The summed E-state index contributed by atoms with van der Waals surface area (Å²) >= 11 is 0. The zero-order valence-corrected chi connectivity index (χ0v) is 44.2. The molecule has 0 aromatic heterocycles. The van der Waals surface area contributed by atoms with Crippen LogP contribution in [-0.2, 0) is 57.1 Å². The van der Waals surface area contributed by atoms with Crippen LogP contribution in [0.5, 0.6) is 0 Å². The van der Waals surface area contributed by atoms with E-state index in [-0.39, 0.29) is 491 Å². The van der Waals surface area contributed by atoms with E-state index in [4.69, 9.17) is 39.6 Å². The number of ether oxygens (including phenoxy) is 7. The van der Waals surface area contributed by atoms with Crippen LogP contribution in [0, 0.1) is 47.9 Å². The summed E-state index contributed by atoms with van der Waals surface area (Å²) in [5, 5.41) is 23.5. The largest absolute Gasteiger partial charge is 0.460 e. The van der Waals surface area contributed by atoms with Gasteiger partial charge >= 0.3 is 5.97 Å². The Balaban J connectivity index is -0.0000000185. The molecular weight excluding hydrogens is 1600 g/mol. The van der Waals surface area contributed by atoms with E-state index in [1.54, 1.807) is 41.1 Å². The monoisotopic (exact) mass is 1910 g/mol. The molecule has 2 saturated heterocycles. The molecule has 0 spiro atoms. The van der Waals surface area contributed by atoms with Crippen LogP contribution in [0.2, 0.25) is 0 Å². The predicted molar refractivity (Wildman–Crippen MR) is 652 cm³/mol. The molecule has 3 fully saturated rings. The summed E-state index contributed by atoms with van der Waals surface area (Å²) < 4.78 is 41.3. The lowest BCUT2D eigenvalue weighted by molar-refractivity contribution is -0.265. The molecule has 1 aliphatic carbocycles. The molecular formula is C113H313NO14. The molecule has 0 aromatic rings. The molecule has 4 aliphatic rings.